The Morgan fingerprint density at radius 1 is 1.55 bits per heavy atom. The smallest absolute Gasteiger partial charge is 0.276 e. The van der Waals surface area contributed by atoms with Gasteiger partial charge in [0.1, 0.15) is 0 Å². The fraction of sp³-hybridized carbons (Fsp3) is 0.267. The number of nitrogens with zero attached hydrogens (tertiary/aromatic N) is 2. The first-order valence-corrected chi connectivity index (χ1v) is 6.54. The minimum atomic E-state index is -0.835. The number of carbonyl (C=O) groups is 1. The largest absolute Gasteiger partial charge is 0.357 e. The zero-order chi connectivity index (χ0) is 16.8. The summed E-state index contributed by atoms with van der Waals surface area (Å²) in [6.45, 7) is 8.97. The van der Waals surface area contributed by atoms with Crippen LogP contribution in [-0.4, -0.2) is 28.4 Å². The third kappa shape index (κ3) is 4.23. The van der Waals surface area contributed by atoms with Crippen LogP contribution in [0.3, 0.4) is 0 Å². The lowest BCUT2D eigenvalue weighted by molar-refractivity contribution is 0.0705. The number of carbonyl (C=O) groups excluding carboxylic acids is 1. The molecule has 0 aromatic carbocycles. The van der Waals surface area contributed by atoms with Crippen LogP contribution in [0.25, 0.3) is 0 Å². The average molecular weight is 306 g/mol. The highest BCUT2D eigenvalue weighted by atomic mass is 19.1. The quantitative estimate of drug-likeness (QED) is 0.326. The average Bonchev–Trinajstić information content (AvgIpc) is 2.48. The van der Waals surface area contributed by atoms with Gasteiger partial charge in [0.05, 0.1) is 16.8 Å². The first kappa shape index (κ1) is 17.5. The molecule has 7 heteroatoms. The van der Waals surface area contributed by atoms with Crippen molar-refractivity contribution in [1.82, 2.24) is 10.5 Å². The van der Waals surface area contributed by atoms with Crippen LogP contribution in [0.1, 0.15) is 31.1 Å². The van der Waals surface area contributed by atoms with Gasteiger partial charge in [-0.3, -0.25) is 15.0 Å². The van der Waals surface area contributed by atoms with Crippen molar-refractivity contribution in [2.24, 2.45) is 4.99 Å². The zero-order valence-corrected chi connectivity index (χ0v) is 12.7. The van der Waals surface area contributed by atoms with E-state index in [9.17, 15) is 9.18 Å². The molecule has 22 heavy (non-hydrogen) atoms. The van der Waals surface area contributed by atoms with E-state index in [0.29, 0.717) is 5.70 Å². The molecule has 3 N–H and O–H groups in total. The molecule has 118 valence electrons. The van der Waals surface area contributed by atoms with E-state index in [-0.39, 0.29) is 11.4 Å². The van der Waals surface area contributed by atoms with Crippen molar-refractivity contribution in [3.05, 3.63) is 47.6 Å². The number of allylic oxidation sites excluding steroid dienone is 3. The van der Waals surface area contributed by atoms with E-state index in [1.807, 2.05) is 13.0 Å². The summed E-state index contributed by atoms with van der Waals surface area (Å²) < 4.78 is 14.0. The second-order valence-corrected chi connectivity index (χ2v) is 4.98. The van der Waals surface area contributed by atoms with Crippen molar-refractivity contribution in [3.63, 3.8) is 0 Å². The van der Waals surface area contributed by atoms with Crippen molar-refractivity contribution in [1.29, 1.82) is 0 Å². The topological polar surface area (TPSA) is 86.6 Å². The molecule has 6 nitrogen and oxygen atoms in total. The number of hydroxylamine groups is 1. The molecule has 0 aliphatic rings. The summed E-state index contributed by atoms with van der Waals surface area (Å²) in [5, 5.41) is 11.4. The highest BCUT2D eigenvalue weighted by Gasteiger charge is 2.24. The van der Waals surface area contributed by atoms with E-state index in [1.165, 1.54) is 5.48 Å². The Morgan fingerprint density at radius 3 is 2.73 bits per heavy atom. The molecule has 1 aromatic heterocycles. The van der Waals surface area contributed by atoms with E-state index in [1.54, 1.807) is 26.0 Å². The molecule has 0 spiro atoms. The summed E-state index contributed by atoms with van der Waals surface area (Å²) in [4.78, 5) is 19.0. The first-order chi connectivity index (χ1) is 10.4. The number of hydrogen-bond acceptors (Lipinski definition) is 5. The Kier molecular flexibility index (Phi) is 5.94. The van der Waals surface area contributed by atoms with Crippen LogP contribution in [0.2, 0.25) is 0 Å². The molecule has 1 aromatic rings. The molecular formula is C15H19FN4O2. The minimum absolute atomic E-state index is 0.0329. The van der Waals surface area contributed by atoms with Gasteiger partial charge < -0.3 is 5.32 Å². The molecule has 0 aliphatic heterocycles. The van der Waals surface area contributed by atoms with Crippen LogP contribution in [0, 0.1) is 5.82 Å². The predicted molar refractivity (Wildman–Crippen MR) is 83.6 cm³/mol. The Morgan fingerprint density at radius 2 is 2.23 bits per heavy atom. The standard InChI is InChI=1S/C15H19FN4O2/c1-5-6-7-12(17-4)15(2,3)19-13-11(16)8-10(9-18-13)14(21)20-22/h5-9,22H,4H2,1-3H3,(H,18,19)(H,20,21)/b6-5-,12-7-. The Labute approximate surface area is 128 Å². The predicted octanol–water partition coefficient (Wildman–Crippen LogP) is 2.69. The van der Waals surface area contributed by atoms with Gasteiger partial charge in [0.15, 0.2) is 11.6 Å². The third-order valence-electron chi connectivity index (χ3n) is 2.89. The molecule has 0 saturated heterocycles. The fourth-order valence-corrected chi connectivity index (χ4v) is 1.72. The maximum absolute atomic E-state index is 14.0. The number of halogens is 1. The van der Waals surface area contributed by atoms with Crippen molar-refractivity contribution in [2.75, 3.05) is 5.32 Å². The summed E-state index contributed by atoms with van der Waals surface area (Å²) in [7, 11) is 0. The van der Waals surface area contributed by atoms with Crippen LogP contribution in [0.5, 0.6) is 0 Å². The fourth-order valence-electron chi connectivity index (χ4n) is 1.72. The number of aliphatic imine (C=N–C) groups is 1. The van der Waals surface area contributed by atoms with Crippen molar-refractivity contribution < 1.29 is 14.4 Å². The lowest BCUT2D eigenvalue weighted by Crippen LogP contribution is -2.33. The molecule has 1 heterocycles. The van der Waals surface area contributed by atoms with Crippen molar-refractivity contribution >= 4 is 18.4 Å². The van der Waals surface area contributed by atoms with Gasteiger partial charge in [-0.05, 0) is 39.6 Å². The molecule has 0 fully saturated rings. The molecule has 0 unspecified atom stereocenters. The molecule has 1 amide bonds. The molecule has 0 bridgehead atoms. The van der Waals surface area contributed by atoms with Gasteiger partial charge in [-0.25, -0.2) is 14.9 Å². The van der Waals surface area contributed by atoms with E-state index in [4.69, 9.17) is 5.21 Å². The summed E-state index contributed by atoms with van der Waals surface area (Å²) >= 11 is 0. The zero-order valence-electron chi connectivity index (χ0n) is 12.7. The van der Waals surface area contributed by atoms with Gasteiger partial charge in [0.2, 0.25) is 0 Å². The number of nitrogens with one attached hydrogen (secondary N) is 2. The van der Waals surface area contributed by atoms with Crippen LogP contribution in [-0.2, 0) is 0 Å². The molecule has 0 saturated carbocycles. The number of amides is 1. The Hall–Kier alpha value is -2.54. The number of pyridine rings is 1. The van der Waals surface area contributed by atoms with E-state index in [2.05, 4.69) is 22.0 Å². The molecular weight excluding hydrogens is 287 g/mol. The molecule has 0 radical (unpaired) electrons. The monoisotopic (exact) mass is 306 g/mol. The maximum atomic E-state index is 14.0. The normalized spacial score (nSPS) is 12.3. The van der Waals surface area contributed by atoms with E-state index < -0.39 is 17.3 Å². The summed E-state index contributed by atoms with van der Waals surface area (Å²) in [5.74, 6) is -1.59. The number of hydrogen-bond donors (Lipinski definition) is 3. The van der Waals surface area contributed by atoms with Crippen LogP contribution >= 0.6 is 0 Å². The van der Waals surface area contributed by atoms with Crippen LogP contribution in [0.15, 0.2) is 41.2 Å². The first-order valence-electron chi connectivity index (χ1n) is 6.54. The van der Waals surface area contributed by atoms with Crippen LogP contribution < -0.4 is 10.8 Å². The Balaban J connectivity index is 3.07. The molecule has 0 atom stereocenters. The SMILES string of the molecule is C=N/C(=C\C=C/C)C(C)(C)Nc1ncc(C(=O)NO)cc1F. The lowest BCUT2D eigenvalue weighted by atomic mass is 10.00. The summed E-state index contributed by atoms with van der Waals surface area (Å²) in [5.41, 5.74) is 1.21. The van der Waals surface area contributed by atoms with E-state index in [0.717, 1.165) is 12.3 Å². The van der Waals surface area contributed by atoms with Crippen molar-refractivity contribution in [3.8, 4) is 0 Å². The maximum Gasteiger partial charge on any atom is 0.276 e. The summed E-state index contributed by atoms with van der Waals surface area (Å²) in [6.07, 6.45) is 6.55. The highest BCUT2D eigenvalue weighted by Crippen LogP contribution is 2.24. The number of aromatic nitrogens is 1. The lowest BCUT2D eigenvalue weighted by Gasteiger charge is -2.27. The van der Waals surface area contributed by atoms with Gasteiger partial charge in [-0.15, -0.1) is 0 Å². The van der Waals surface area contributed by atoms with Crippen molar-refractivity contribution in [2.45, 2.75) is 26.3 Å². The van der Waals surface area contributed by atoms with E-state index >= 15 is 0 Å². The second-order valence-electron chi connectivity index (χ2n) is 4.98. The third-order valence-corrected chi connectivity index (χ3v) is 2.89. The van der Waals surface area contributed by atoms with Gasteiger partial charge in [-0.1, -0.05) is 12.2 Å². The second kappa shape index (κ2) is 7.46. The van der Waals surface area contributed by atoms with Crippen LogP contribution in [0.4, 0.5) is 10.2 Å². The van der Waals surface area contributed by atoms with Gasteiger partial charge in [0, 0.05) is 6.20 Å². The summed E-state index contributed by atoms with van der Waals surface area (Å²) in [6, 6.07) is 0.980. The Bertz CT molecular complexity index is 624. The highest BCUT2D eigenvalue weighted by molar-refractivity contribution is 5.93. The molecule has 0 aliphatic carbocycles. The van der Waals surface area contributed by atoms with Gasteiger partial charge in [-0.2, -0.15) is 0 Å². The minimum Gasteiger partial charge on any atom is -0.357 e. The van der Waals surface area contributed by atoms with Gasteiger partial charge >= 0.3 is 0 Å². The van der Waals surface area contributed by atoms with Gasteiger partial charge in [0.25, 0.3) is 5.91 Å². The number of rotatable bonds is 6. The molecule has 1 rings (SSSR count). The number of anilines is 1.